The van der Waals surface area contributed by atoms with E-state index in [2.05, 4.69) is 0 Å². The number of carbonyl (C=O) groups excluding carboxylic acids is 1. The second-order valence-corrected chi connectivity index (χ2v) is 3.61. The molecule has 0 heterocycles. The van der Waals surface area contributed by atoms with Gasteiger partial charge >= 0.3 is 0 Å². The summed E-state index contributed by atoms with van der Waals surface area (Å²) < 4.78 is 39.5. The van der Waals surface area contributed by atoms with Crippen molar-refractivity contribution in [2.45, 2.75) is 0 Å². The number of hydrogen-bond donors (Lipinski definition) is 0. The van der Waals surface area contributed by atoms with Crippen LogP contribution in [0.15, 0.2) is 36.4 Å². The van der Waals surface area contributed by atoms with Crippen molar-refractivity contribution < 1.29 is 23.1 Å². The van der Waals surface area contributed by atoms with Gasteiger partial charge in [0.1, 0.15) is 17.5 Å². The summed E-state index contributed by atoms with van der Waals surface area (Å²) in [5.41, 5.74) is -0.503. The van der Waals surface area contributed by atoms with Gasteiger partial charge in [-0.05, 0) is 29.8 Å². The molecule has 2 nitrogen and oxygen atoms in total. The number of carboxylic acid groups (broad SMARTS) is 1. The molecule has 0 saturated heterocycles. The van der Waals surface area contributed by atoms with Gasteiger partial charge in [0.2, 0.25) is 0 Å². The van der Waals surface area contributed by atoms with Crippen molar-refractivity contribution in [3.05, 3.63) is 59.4 Å². The molecule has 0 bridgehead atoms. The van der Waals surface area contributed by atoms with Gasteiger partial charge in [0.05, 0.1) is 5.97 Å². The summed E-state index contributed by atoms with van der Waals surface area (Å²) in [6.07, 6.45) is 0. The molecule has 0 spiro atoms. The van der Waals surface area contributed by atoms with Gasteiger partial charge in [-0.25, -0.2) is 13.2 Å². The van der Waals surface area contributed by atoms with Crippen LogP contribution in [-0.2, 0) is 0 Å². The summed E-state index contributed by atoms with van der Waals surface area (Å²) in [5, 5.41) is 10.5. The summed E-state index contributed by atoms with van der Waals surface area (Å²) in [4.78, 5) is 10.5. The van der Waals surface area contributed by atoms with Crippen LogP contribution < -0.4 is 5.11 Å². The normalized spacial score (nSPS) is 10.4. The molecule has 0 aliphatic rings. The Balaban J connectivity index is 2.52. The Bertz CT molecular complexity index is 624. The quantitative estimate of drug-likeness (QED) is 0.820. The van der Waals surface area contributed by atoms with E-state index in [0.717, 1.165) is 24.3 Å². The molecule has 0 unspecified atom stereocenters. The molecule has 0 amide bonds. The van der Waals surface area contributed by atoms with Crippen LogP contribution in [-0.4, -0.2) is 5.97 Å². The number of aromatic carboxylic acids is 1. The first-order chi connectivity index (χ1) is 8.49. The molecule has 92 valence electrons. The zero-order valence-electron chi connectivity index (χ0n) is 8.91. The van der Waals surface area contributed by atoms with Crippen LogP contribution in [0, 0.1) is 17.5 Å². The number of carboxylic acids is 1. The smallest absolute Gasteiger partial charge is 0.133 e. The lowest BCUT2D eigenvalue weighted by molar-refractivity contribution is -0.255. The first kappa shape index (κ1) is 12.2. The third kappa shape index (κ3) is 2.20. The minimum absolute atomic E-state index is 0.0137. The van der Waals surface area contributed by atoms with Crippen molar-refractivity contribution in [1.29, 1.82) is 0 Å². The predicted octanol–water partition coefficient (Wildman–Crippen LogP) is 2.13. The lowest BCUT2D eigenvalue weighted by Gasteiger charge is -2.08. The Morgan fingerprint density at radius 1 is 0.944 bits per heavy atom. The summed E-state index contributed by atoms with van der Waals surface area (Å²) in [7, 11) is 0. The van der Waals surface area contributed by atoms with E-state index < -0.39 is 29.0 Å². The highest BCUT2D eigenvalue weighted by Crippen LogP contribution is 2.25. The molecule has 5 heteroatoms. The van der Waals surface area contributed by atoms with Crippen LogP contribution in [0.3, 0.4) is 0 Å². The van der Waals surface area contributed by atoms with Gasteiger partial charge in [0.15, 0.2) is 0 Å². The topological polar surface area (TPSA) is 40.1 Å². The molecule has 0 radical (unpaired) electrons. The maximum atomic E-state index is 13.4. The fraction of sp³-hybridized carbons (Fsp3) is 0. The number of carbonyl (C=O) groups is 1. The fourth-order valence-electron chi connectivity index (χ4n) is 1.57. The SMILES string of the molecule is O=C([O-])c1ccc(-c2ccc(F)cc2F)cc1F. The van der Waals surface area contributed by atoms with E-state index in [1.54, 1.807) is 0 Å². The van der Waals surface area contributed by atoms with Crippen LogP contribution in [0.25, 0.3) is 11.1 Å². The Labute approximate surface area is 100 Å². The summed E-state index contributed by atoms with van der Waals surface area (Å²) in [5.74, 6) is -4.28. The van der Waals surface area contributed by atoms with Crippen LogP contribution >= 0.6 is 0 Å². The molecule has 0 aliphatic carbocycles. The van der Waals surface area contributed by atoms with Crippen molar-refractivity contribution in [2.75, 3.05) is 0 Å². The third-order valence-electron chi connectivity index (χ3n) is 2.43. The van der Waals surface area contributed by atoms with Gasteiger partial charge in [0.25, 0.3) is 0 Å². The summed E-state index contributed by atoms with van der Waals surface area (Å²) in [6, 6.07) is 5.91. The Kier molecular flexibility index (Phi) is 3.06. The van der Waals surface area contributed by atoms with Gasteiger partial charge in [-0.2, -0.15) is 0 Å². The van der Waals surface area contributed by atoms with Gasteiger partial charge < -0.3 is 9.90 Å². The first-order valence-corrected chi connectivity index (χ1v) is 4.95. The molecular weight excluding hydrogens is 245 g/mol. The minimum Gasteiger partial charge on any atom is -0.545 e. The standard InChI is InChI=1S/C13H7F3O2/c14-8-2-4-9(12(16)6-8)7-1-3-10(13(17)18)11(15)5-7/h1-6H,(H,17,18)/p-1. The highest BCUT2D eigenvalue weighted by molar-refractivity contribution is 5.87. The van der Waals surface area contributed by atoms with E-state index >= 15 is 0 Å². The molecule has 2 aromatic rings. The molecule has 0 atom stereocenters. The molecule has 0 aliphatic heterocycles. The molecule has 0 aromatic heterocycles. The zero-order chi connectivity index (χ0) is 13.3. The largest absolute Gasteiger partial charge is 0.545 e. The van der Waals surface area contributed by atoms with E-state index in [0.29, 0.717) is 6.07 Å². The van der Waals surface area contributed by atoms with Gasteiger partial charge in [-0.1, -0.05) is 6.07 Å². The van der Waals surface area contributed by atoms with E-state index in [9.17, 15) is 23.1 Å². The average molecular weight is 251 g/mol. The van der Waals surface area contributed by atoms with Crippen LogP contribution in [0.2, 0.25) is 0 Å². The second-order valence-electron chi connectivity index (χ2n) is 3.61. The number of rotatable bonds is 2. The first-order valence-electron chi connectivity index (χ1n) is 4.95. The zero-order valence-corrected chi connectivity index (χ0v) is 8.91. The van der Waals surface area contributed by atoms with E-state index in [1.165, 1.54) is 6.07 Å². The molecule has 2 rings (SSSR count). The Hall–Kier alpha value is -2.30. The highest BCUT2D eigenvalue weighted by Gasteiger charge is 2.10. The summed E-state index contributed by atoms with van der Waals surface area (Å²) in [6.45, 7) is 0. The number of halogens is 3. The van der Waals surface area contributed by atoms with E-state index in [4.69, 9.17) is 0 Å². The van der Waals surface area contributed by atoms with Crippen molar-refractivity contribution in [1.82, 2.24) is 0 Å². The molecule has 0 N–H and O–H groups in total. The number of benzene rings is 2. The third-order valence-corrected chi connectivity index (χ3v) is 2.43. The highest BCUT2D eigenvalue weighted by atomic mass is 19.1. The van der Waals surface area contributed by atoms with Crippen molar-refractivity contribution >= 4 is 5.97 Å². The van der Waals surface area contributed by atoms with Gasteiger partial charge in [0, 0.05) is 17.2 Å². The molecule has 18 heavy (non-hydrogen) atoms. The maximum absolute atomic E-state index is 13.4. The van der Waals surface area contributed by atoms with Crippen LogP contribution in [0.4, 0.5) is 13.2 Å². The molecular formula is C13H6F3O2-. The second kappa shape index (κ2) is 4.52. The van der Waals surface area contributed by atoms with Crippen LogP contribution in [0.5, 0.6) is 0 Å². The minimum atomic E-state index is -1.65. The summed E-state index contributed by atoms with van der Waals surface area (Å²) >= 11 is 0. The lowest BCUT2D eigenvalue weighted by atomic mass is 10.0. The average Bonchev–Trinajstić information content (AvgIpc) is 2.28. The Morgan fingerprint density at radius 3 is 2.22 bits per heavy atom. The molecule has 0 saturated carbocycles. The van der Waals surface area contributed by atoms with Crippen molar-refractivity contribution in [3.8, 4) is 11.1 Å². The van der Waals surface area contributed by atoms with Crippen molar-refractivity contribution in [3.63, 3.8) is 0 Å². The van der Waals surface area contributed by atoms with Gasteiger partial charge in [-0.15, -0.1) is 0 Å². The maximum Gasteiger partial charge on any atom is 0.133 e. The van der Waals surface area contributed by atoms with Gasteiger partial charge in [-0.3, -0.25) is 0 Å². The van der Waals surface area contributed by atoms with E-state index in [1.807, 2.05) is 0 Å². The predicted molar refractivity (Wildman–Crippen MR) is 56.1 cm³/mol. The van der Waals surface area contributed by atoms with Crippen molar-refractivity contribution in [2.24, 2.45) is 0 Å². The molecule has 2 aromatic carbocycles. The Morgan fingerprint density at radius 2 is 1.67 bits per heavy atom. The van der Waals surface area contributed by atoms with E-state index in [-0.39, 0.29) is 11.1 Å². The fourth-order valence-corrected chi connectivity index (χ4v) is 1.57. The monoisotopic (exact) mass is 251 g/mol. The molecule has 0 fully saturated rings. The lowest BCUT2D eigenvalue weighted by Crippen LogP contribution is -2.23. The van der Waals surface area contributed by atoms with Crippen LogP contribution in [0.1, 0.15) is 10.4 Å². The number of hydrogen-bond acceptors (Lipinski definition) is 2.